The fourth-order valence-electron chi connectivity index (χ4n) is 3.27. The molecule has 0 aliphatic heterocycles. The van der Waals surface area contributed by atoms with Gasteiger partial charge in [0.15, 0.2) is 11.5 Å². The monoisotopic (exact) mass is 572 g/mol. The van der Waals surface area contributed by atoms with Crippen molar-refractivity contribution in [3.05, 3.63) is 59.4 Å². The number of carbonyl (C=O) groups excluding carboxylic acids is 1. The lowest BCUT2D eigenvalue weighted by Crippen LogP contribution is -2.21. The molecule has 0 spiro atoms. The minimum Gasteiger partial charge on any atom is -0.493 e. The van der Waals surface area contributed by atoms with E-state index in [4.69, 9.17) is 24.1 Å². The number of sulfonamides is 1. The number of pyridine rings is 1. The summed E-state index contributed by atoms with van der Waals surface area (Å²) in [6, 6.07) is 10.3. The van der Waals surface area contributed by atoms with E-state index in [-0.39, 0.29) is 24.1 Å². The largest absolute Gasteiger partial charge is 0.493 e. The van der Waals surface area contributed by atoms with Gasteiger partial charge in [-0.2, -0.15) is 13.2 Å². The molecule has 0 aliphatic carbocycles. The summed E-state index contributed by atoms with van der Waals surface area (Å²) >= 11 is 0. The van der Waals surface area contributed by atoms with Gasteiger partial charge < -0.3 is 19.3 Å². The van der Waals surface area contributed by atoms with Gasteiger partial charge >= 0.3 is 12.1 Å². The maximum absolute atomic E-state index is 13.4. The number of nitrogens with one attached hydrogen (secondary N) is 1. The maximum atomic E-state index is 13.4. The zero-order valence-corrected chi connectivity index (χ0v) is 22.4. The van der Waals surface area contributed by atoms with Gasteiger partial charge in [-0.3, -0.25) is 9.78 Å². The highest BCUT2D eigenvalue weighted by molar-refractivity contribution is 7.88. The molecule has 0 saturated heterocycles. The molecule has 212 valence electrons. The Hall–Kier alpha value is -3.91. The van der Waals surface area contributed by atoms with Crippen LogP contribution in [0.3, 0.4) is 0 Å². The van der Waals surface area contributed by atoms with Gasteiger partial charge in [0, 0.05) is 23.7 Å². The average Bonchev–Trinajstić information content (AvgIpc) is 2.85. The van der Waals surface area contributed by atoms with Gasteiger partial charge in [0.1, 0.15) is 11.4 Å². The number of rotatable bonds is 9. The molecule has 1 aromatic heterocycles. The molecule has 0 radical (unpaired) electrons. The van der Waals surface area contributed by atoms with Crippen molar-refractivity contribution >= 4 is 32.5 Å². The van der Waals surface area contributed by atoms with E-state index in [1.54, 1.807) is 36.4 Å². The normalized spacial score (nSPS) is 11.5. The number of carbonyl (C=O) groups is 2. The topological polar surface area (TPSA) is 141 Å². The Morgan fingerprint density at radius 2 is 1.62 bits per heavy atom. The van der Waals surface area contributed by atoms with Crippen LogP contribution in [0.15, 0.2) is 42.6 Å². The van der Waals surface area contributed by atoms with E-state index in [1.165, 1.54) is 20.4 Å². The molecule has 2 aromatic carbocycles. The standard InChI is InChI=1S/C23H26N2O6S.C2HF3O2/c1-14(2)31-17-8-6-7-15(9-17)23(26)22-19-11-21(30-4)20(29-3)10-18(19)16(12-24-22)13-25-32(5,27)28;3-2(4,5)1(6)7/h6-12,14,25H,13H2,1-5H3;(H,6,7). The number of aliphatic carboxylic acids is 1. The van der Waals surface area contributed by atoms with Crippen LogP contribution in [0, 0.1) is 0 Å². The molecule has 0 aliphatic rings. The third kappa shape index (κ3) is 8.82. The highest BCUT2D eigenvalue weighted by Gasteiger charge is 2.38. The number of hydrogen-bond acceptors (Lipinski definition) is 8. The summed E-state index contributed by atoms with van der Waals surface area (Å²) in [4.78, 5) is 26.7. The second-order valence-corrected chi connectivity index (χ2v) is 10.1. The van der Waals surface area contributed by atoms with Crippen LogP contribution in [0.1, 0.15) is 35.5 Å². The smallest absolute Gasteiger partial charge is 0.490 e. The lowest BCUT2D eigenvalue weighted by atomic mass is 9.99. The fourth-order valence-corrected chi connectivity index (χ4v) is 3.69. The van der Waals surface area contributed by atoms with Gasteiger partial charge in [-0.15, -0.1) is 0 Å². The van der Waals surface area contributed by atoms with E-state index >= 15 is 0 Å². The van der Waals surface area contributed by atoms with Gasteiger partial charge in [-0.25, -0.2) is 17.9 Å². The third-order valence-electron chi connectivity index (χ3n) is 4.92. The molecule has 0 saturated carbocycles. The average molecular weight is 573 g/mol. The van der Waals surface area contributed by atoms with Gasteiger partial charge in [0.05, 0.1) is 26.6 Å². The SMILES string of the molecule is COc1cc2c(CNS(C)(=O)=O)cnc(C(=O)c3cccc(OC(C)C)c3)c2cc1OC.O=C(O)C(F)(F)F. The second-order valence-electron chi connectivity index (χ2n) is 8.30. The molecule has 0 atom stereocenters. The summed E-state index contributed by atoms with van der Waals surface area (Å²) in [6.45, 7) is 3.84. The zero-order valence-electron chi connectivity index (χ0n) is 21.6. The van der Waals surface area contributed by atoms with Gasteiger partial charge in [0.2, 0.25) is 15.8 Å². The molecule has 14 heteroatoms. The molecule has 2 N–H and O–H groups in total. The Morgan fingerprint density at radius 3 is 2.10 bits per heavy atom. The Morgan fingerprint density at radius 1 is 1.05 bits per heavy atom. The fraction of sp³-hybridized carbons (Fsp3) is 0.320. The Labute approximate surface area is 222 Å². The van der Waals surface area contributed by atoms with Crippen molar-refractivity contribution < 1.29 is 50.5 Å². The molecule has 0 fully saturated rings. The molecule has 3 rings (SSSR count). The molecular formula is C25H27F3N2O8S. The summed E-state index contributed by atoms with van der Waals surface area (Å²) in [5.74, 6) is -1.58. The molecule has 1 heterocycles. The number of carboxylic acid groups (broad SMARTS) is 1. The summed E-state index contributed by atoms with van der Waals surface area (Å²) < 4.78 is 73.9. The number of alkyl halides is 3. The lowest BCUT2D eigenvalue weighted by Gasteiger charge is -2.15. The van der Waals surface area contributed by atoms with E-state index in [2.05, 4.69) is 9.71 Å². The van der Waals surface area contributed by atoms with E-state index in [1.807, 2.05) is 13.8 Å². The summed E-state index contributed by atoms with van der Waals surface area (Å²) in [6.07, 6.45) is -2.54. The number of aromatic nitrogens is 1. The lowest BCUT2D eigenvalue weighted by molar-refractivity contribution is -0.192. The van der Waals surface area contributed by atoms with Crippen LogP contribution in [0.25, 0.3) is 10.8 Å². The van der Waals surface area contributed by atoms with E-state index in [9.17, 15) is 26.4 Å². The van der Waals surface area contributed by atoms with Crippen molar-refractivity contribution in [2.24, 2.45) is 0 Å². The first-order valence-corrected chi connectivity index (χ1v) is 13.1. The van der Waals surface area contributed by atoms with Crippen LogP contribution < -0.4 is 18.9 Å². The number of fused-ring (bicyclic) bond motifs is 1. The third-order valence-corrected chi connectivity index (χ3v) is 5.59. The second kappa shape index (κ2) is 12.8. The minimum atomic E-state index is -5.08. The van der Waals surface area contributed by atoms with E-state index in [0.29, 0.717) is 39.1 Å². The first-order valence-electron chi connectivity index (χ1n) is 11.2. The predicted molar refractivity (Wildman–Crippen MR) is 136 cm³/mol. The Kier molecular flexibility index (Phi) is 10.2. The van der Waals surface area contributed by atoms with Crippen LogP contribution in [-0.4, -0.2) is 63.0 Å². The van der Waals surface area contributed by atoms with Crippen molar-refractivity contribution in [1.82, 2.24) is 9.71 Å². The van der Waals surface area contributed by atoms with Gasteiger partial charge in [-0.1, -0.05) is 12.1 Å². The highest BCUT2D eigenvalue weighted by Crippen LogP contribution is 2.35. The number of ketones is 1. The highest BCUT2D eigenvalue weighted by atomic mass is 32.2. The molecular weight excluding hydrogens is 545 g/mol. The van der Waals surface area contributed by atoms with Crippen molar-refractivity contribution in [2.45, 2.75) is 32.7 Å². The molecule has 0 unspecified atom stereocenters. The van der Waals surface area contributed by atoms with Crippen molar-refractivity contribution in [2.75, 3.05) is 20.5 Å². The number of nitrogens with zero attached hydrogens (tertiary/aromatic N) is 1. The van der Waals surface area contributed by atoms with Crippen LogP contribution in [-0.2, 0) is 21.4 Å². The van der Waals surface area contributed by atoms with E-state index in [0.717, 1.165) is 6.26 Å². The van der Waals surface area contributed by atoms with Crippen LogP contribution in [0.4, 0.5) is 13.2 Å². The van der Waals surface area contributed by atoms with Crippen LogP contribution in [0.5, 0.6) is 17.2 Å². The zero-order chi connectivity index (χ0) is 29.5. The first-order chi connectivity index (χ1) is 18.1. The quantitative estimate of drug-likeness (QED) is 0.365. The number of halogens is 3. The van der Waals surface area contributed by atoms with Gasteiger partial charge in [0.25, 0.3) is 0 Å². The molecule has 10 nitrogen and oxygen atoms in total. The van der Waals surface area contributed by atoms with Crippen molar-refractivity contribution in [1.29, 1.82) is 0 Å². The summed E-state index contributed by atoms with van der Waals surface area (Å²) in [7, 11) is -0.412. The molecule has 0 amide bonds. The van der Waals surface area contributed by atoms with E-state index < -0.39 is 22.2 Å². The van der Waals surface area contributed by atoms with Crippen molar-refractivity contribution in [3.63, 3.8) is 0 Å². The Balaban J connectivity index is 0.000000673. The number of hydrogen-bond donors (Lipinski definition) is 2. The number of carboxylic acids is 1. The number of benzene rings is 2. The first kappa shape index (κ1) is 31.3. The van der Waals surface area contributed by atoms with Crippen LogP contribution >= 0.6 is 0 Å². The molecule has 39 heavy (non-hydrogen) atoms. The summed E-state index contributed by atoms with van der Waals surface area (Å²) in [5, 5.41) is 8.28. The maximum Gasteiger partial charge on any atom is 0.490 e. The summed E-state index contributed by atoms with van der Waals surface area (Å²) in [5.41, 5.74) is 1.24. The number of methoxy groups -OCH3 is 2. The Bertz CT molecular complexity index is 1460. The van der Waals surface area contributed by atoms with Crippen molar-refractivity contribution in [3.8, 4) is 17.2 Å². The molecule has 3 aromatic rings. The van der Waals surface area contributed by atoms with Gasteiger partial charge in [-0.05, 0) is 49.1 Å². The molecule has 0 bridgehead atoms. The minimum absolute atomic E-state index is 0.0179. The predicted octanol–water partition coefficient (Wildman–Crippen LogP) is 3.95. The van der Waals surface area contributed by atoms with Crippen LogP contribution in [0.2, 0.25) is 0 Å². The number of ether oxygens (including phenoxy) is 3.